The first-order valence-electron chi connectivity index (χ1n) is 4.59. The van der Waals surface area contributed by atoms with E-state index in [9.17, 15) is 17.6 Å². The van der Waals surface area contributed by atoms with Crippen LogP contribution in [0.25, 0.3) is 0 Å². The molecule has 1 nitrogen and oxygen atoms in total. The van der Waals surface area contributed by atoms with Crippen LogP contribution in [0.4, 0.5) is 23.2 Å². The number of halogens is 4. The Hall–Kier alpha value is -0.910. The van der Waals surface area contributed by atoms with Crippen LogP contribution in [0.5, 0.6) is 0 Å². The third kappa shape index (κ3) is 4.74. The van der Waals surface area contributed by atoms with E-state index in [0.717, 1.165) is 0 Å². The van der Waals surface area contributed by atoms with E-state index in [-0.39, 0.29) is 29.9 Å². The zero-order valence-electron chi connectivity index (χ0n) is 8.57. The topological polar surface area (TPSA) is 12.0 Å². The molecule has 0 fully saturated rings. The van der Waals surface area contributed by atoms with Gasteiger partial charge in [-0.25, -0.2) is 4.39 Å². The molecule has 90 valence electrons. The van der Waals surface area contributed by atoms with Gasteiger partial charge in [-0.3, -0.25) is 0 Å². The summed E-state index contributed by atoms with van der Waals surface area (Å²) in [4.78, 5) is 0. The molecule has 16 heavy (non-hydrogen) atoms. The molecule has 0 heterocycles. The van der Waals surface area contributed by atoms with Gasteiger partial charge in [-0.15, -0.1) is 0 Å². The fourth-order valence-electron chi connectivity index (χ4n) is 1.12. The van der Waals surface area contributed by atoms with Crippen LogP contribution in [0.15, 0.2) is 18.2 Å². The minimum atomic E-state index is -4.19. The summed E-state index contributed by atoms with van der Waals surface area (Å²) in [6.45, 7) is 1.79. The summed E-state index contributed by atoms with van der Waals surface area (Å²) in [5.74, 6) is -0.393. The Kier molecular flexibility index (Phi) is 4.46. The molecule has 0 spiro atoms. The molecule has 0 radical (unpaired) electrons. The largest absolute Gasteiger partial charge is 0.441 e. The Morgan fingerprint density at radius 3 is 2.56 bits per heavy atom. The van der Waals surface area contributed by atoms with Crippen LogP contribution in [0.1, 0.15) is 5.56 Å². The highest BCUT2D eigenvalue weighted by Crippen LogP contribution is 2.29. The predicted octanol–water partition coefficient (Wildman–Crippen LogP) is 3.80. The van der Waals surface area contributed by atoms with Crippen LogP contribution >= 0.6 is 11.8 Å². The first-order chi connectivity index (χ1) is 7.38. The molecule has 0 aliphatic rings. The quantitative estimate of drug-likeness (QED) is 0.647. The number of aryl methyl sites for hydroxylation is 1. The molecule has 0 saturated carbocycles. The highest BCUT2D eigenvalue weighted by Gasteiger charge is 2.27. The zero-order chi connectivity index (χ0) is 12.2. The van der Waals surface area contributed by atoms with Crippen LogP contribution in [0.3, 0.4) is 0 Å². The summed E-state index contributed by atoms with van der Waals surface area (Å²) >= 11 is -0.0764. The maximum Gasteiger partial charge on any atom is 0.441 e. The molecule has 0 aromatic heterocycles. The third-order valence-corrected chi connectivity index (χ3v) is 2.59. The van der Waals surface area contributed by atoms with E-state index in [1.807, 2.05) is 0 Å². The van der Waals surface area contributed by atoms with Crippen molar-refractivity contribution in [3.63, 3.8) is 0 Å². The van der Waals surface area contributed by atoms with Gasteiger partial charge in [0.25, 0.3) is 0 Å². The second-order valence-corrected chi connectivity index (χ2v) is 4.34. The van der Waals surface area contributed by atoms with Gasteiger partial charge >= 0.3 is 5.51 Å². The second kappa shape index (κ2) is 5.43. The van der Waals surface area contributed by atoms with E-state index in [1.165, 1.54) is 12.1 Å². The Morgan fingerprint density at radius 1 is 1.31 bits per heavy atom. The average Bonchev–Trinajstić information content (AvgIpc) is 2.17. The molecule has 1 aromatic rings. The lowest BCUT2D eigenvalue weighted by atomic mass is 10.2. The maximum atomic E-state index is 12.9. The molecule has 0 unspecified atom stereocenters. The minimum Gasteiger partial charge on any atom is -0.384 e. The molecular weight excluding hydrogens is 242 g/mol. The fraction of sp³-hybridized carbons (Fsp3) is 0.400. The third-order valence-electron chi connectivity index (χ3n) is 1.85. The molecule has 0 bridgehead atoms. The monoisotopic (exact) mass is 253 g/mol. The lowest BCUT2D eigenvalue weighted by Crippen LogP contribution is -2.09. The minimum absolute atomic E-state index is 0.0695. The first-order valence-corrected chi connectivity index (χ1v) is 5.58. The molecule has 0 saturated heterocycles. The molecule has 1 aromatic carbocycles. The van der Waals surface area contributed by atoms with E-state index in [4.69, 9.17) is 0 Å². The molecule has 1 N–H and O–H groups in total. The number of hydrogen-bond donors (Lipinski definition) is 1. The van der Waals surface area contributed by atoms with Crippen molar-refractivity contribution in [2.24, 2.45) is 0 Å². The Morgan fingerprint density at radius 2 is 2.00 bits per heavy atom. The van der Waals surface area contributed by atoms with Gasteiger partial charge in [-0.1, -0.05) is 0 Å². The van der Waals surface area contributed by atoms with Crippen LogP contribution < -0.4 is 5.32 Å². The van der Waals surface area contributed by atoms with E-state index < -0.39 is 5.51 Å². The van der Waals surface area contributed by atoms with Crippen LogP contribution in [-0.4, -0.2) is 17.8 Å². The lowest BCUT2D eigenvalue weighted by molar-refractivity contribution is -0.0327. The summed E-state index contributed by atoms with van der Waals surface area (Å²) in [6.07, 6.45) is 0. The van der Waals surface area contributed by atoms with E-state index >= 15 is 0 Å². The fourth-order valence-corrected chi connectivity index (χ4v) is 1.55. The van der Waals surface area contributed by atoms with Gasteiger partial charge in [0, 0.05) is 18.0 Å². The van der Waals surface area contributed by atoms with Gasteiger partial charge in [0.15, 0.2) is 0 Å². The van der Waals surface area contributed by atoms with Crippen molar-refractivity contribution >= 4 is 17.4 Å². The van der Waals surface area contributed by atoms with Crippen molar-refractivity contribution in [1.82, 2.24) is 0 Å². The molecule has 0 amide bonds. The van der Waals surface area contributed by atoms with Crippen molar-refractivity contribution in [2.45, 2.75) is 12.4 Å². The lowest BCUT2D eigenvalue weighted by Gasteiger charge is -2.08. The number of thioether (sulfide) groups is 1. The van der Waals surface area contributed by atoms with Crippen molar-refractivity contribution in [1.29, 1.82) is 0 Å². The SMILES string of the molecule is Cc1cc(NCCSC(F)(F)F)ccc1F. The van der Waals surface area contributed by atoms with Gasteiger partial charge in [0.1, 0.15) is 5.82 Å². The number of rotatable bonds is 4. The van der Waals surface area contributed by atoms with E-state index in [2.05, 4.69) is 5.32 Å². The van der Waals surface area contributed by atoms with Gasteiger partial charge in [-0.05, 0) is 42.4 Å². The van der Waals surface area contributed by atoms with Crippen molar-refractivity contribution < 1.29 is 17.6 Å². The molecular formula is C10H11F4NS. The van der Waals surface area contributed by atoms with Crippen LogP contribution in [0.2, 0.25) is 0 Å². The normalized spacial score (nSPS) is 11.6. The molecule has 6 heteroatoms. The Balaban J connectivity index is 2.35. The number of anilines is 1. The van der Waals surface area contributed by atoms with Crippen LogP contribution in [0, 0.1) is 12.7 Å². The number of nitrogens with one attached hydrogen (secondary N) is 1. The van der Waals surface area contributed by atoms with Crippen LogP contribution in [-0.2, 0) is 0 Å². The standard InChI is InChI=1S/C10H11F4NS/c1-7-6-8(2-3-9(7)11)15-4-5-16-10(12,13)14/h2-3,6,15H,4-5H2,1H3. The Labute approximate surface area is 95.2 Å². The van der Waals surface area contributed by atoms with Gasteiger partial charge < -0.3 is 5.32 Å². The summed E-state index contributed by atoms with van der Waals surface area (Å²) in [5, 5.41) is 2.80. The summed E-state index contributed by atoms with van der Waals surface area (Å²) in [7, 11) is 0. The second-order valence-electron chi connectivity index (χ2n) is 3.18. The summed E-state index contributed by atoms with van der Waals surface area (Å²) in [6, 6.07) is 4.35. The summed E-state index contributed by atoms with van der Waals surface area (Å²) in [5.41, 5.74) is -3.10. The molecule has 1 rings (SSSR count). The number of hydrogen-bond acceptors (Lipinski definition) is 2. The average molecular weight is 253 g/mol. The maximum absolute atomic E-state index is 12.9. The summed E-state index contributed by atoms with van der Waals surface area (Å²) < 4.78 is 48.2. The van der Waals surface area contributed by atoms with E-state index in [1.54, 1.807) is 13.0 Å². The predicted molar refractivity (Wildman–Crippen MR) is 58.1 cm³/mol. The van der Waals surface area contributed by atoms with Crippen molar-refractivity contribution in [2.75, 3.05) is 17.6 Å². The van der Waals surface area contributed by atoms with Gasteiger partial charge in [-0.2, -0.15) is 13.2 Å². The first kappa shape index (κ1) is 13.2. The smallest absolute Gasteiger partial charge is 0.384 e. The molecule has 0 atom stereocenters. The van der Waals surface area contributed by atoms with Crippen molar-refractivity contribution in [3.05, 3.63) is 29.6 Å². The van der Waals surface area contributed by atoms with E-state index in [0.29, 0.717) is 11.3 Å². The highest BCUT2D eigenvalue weighted by atomic mass is 32.2. The Bertz CT molecular complexity index is 351. The number of alkyl halides is 3. The zero-order valence-corrected chi connectivity index (χ0v) is 9.38. The molecule has 0 aliphatic heterocycles. The number of benzene rings is 1. The van der Waals surface area contributed by atoms with Gasteiger partial charge in [0.2, 0.25) is 0 Å². The van der Waals surface area contributed by atoms with Crippen molar-refractivity contribution in [3.8, 4) is 0 Å². The van der Waals surface area contributed by atoms with Gasteiger partial charge in [0.05, 0.1) is 0 Å². The highest BCUT2D eigenvalue weighted by molar-refractivity contribution is 8.00. The molecule has 0 aliphatic carbocycles.